The third-order valence-electron chi connectivity index (χ3n) is 2.09. The Morgan fingerprint density at radius 3 is 2.81 bits per heavy atom. The highest BCUT2D eigenvalue weighted by atomic mass is 79.9. The quantitative estimate of drug-likeness (QED) is 0.880. The van der Waals surface area contributed by atoms with Crippen LogP contribution in [0.2, 0.25) is 5.02 Å². The molecule has 3 nitrogen and oxygen atoms in total. The second kappa shape index (κ2) is 3.99. The standard InChI is InChI=1S/C10H5BrClFN2O/c11-7-2-4(13)1-5-8(12)6(10(14)16)3-15-9(5)7/h1-3H,(H2,14,16). The molecule has 0 unspecified atom stereocenters. The molecule has 0 aliphatic rings. The van der Waals surface area contributed by atoms with Crippen molar-refractivity contribution >= 4 is 44.3 Å². The lowest BCUT2D eigenvalue weighted by Gasteiger charge is -2.05. The zero-order chi connectivity index (χ0) is 11.9. The van der Waals surface area contributed by atoms with E-state index >= 15 is 0 Å². The molecule has 6 heteroatoms. The summed E-state index contributed by atoms with van der Waals surface area (Å²) in [5.74, 6) is -1.16. The number of primary amides is 1. The predicted octanol–water partition coefficient (Wildman–Crippen LogP) is 2.89. The molecule has 2 rings (SSSR count). The van der Waals surface area contributed by atoms with Crippen LogP contribution in [0.15, 0.2) is 22.8 Å². The monoisotopic (exact) mass is 302 g/mol. The molecule has 0 atom stereocenters. The SMILES string of the molecule is NC(=O)c1cnc2c(Br)cc(F)cc2c1Cl. The van der Waals surface area contributed by atoms with Gasteiger partial charge in [-0.1, -0.05) is 11.6 Å². The number of benzene rings is 1. The summed E-state index contributed by atoms with van der Waals surface area (Å²) in [7, 11) is 0. The van der Waals surface area contributed by atoms with Crippen molar-refractivity contribution < 1.29 is 9.18 Å². The fourth-order valence-electron chi connectivity index (χ4n) is 1.37. The normalized spacial score (nSPS) is 10.7. The van der Waals surface area contributed by atoms with E-state index in [9.17, 15) is 9.18 Å². The van der Waals surface area contributed by atoms with Crippen molar-refractivity contribution in [2.75, 3.05) is 0 Å². The molecule has 82 valence electrons. The number of halogens is 3. The van der Waals surface area contributed by atoms with Crippen molar-refractivity contribution in [2.45, 2.75) is 0 Å². The molecule has 0 fully saturated rings. The van der Waals surface area contributed by atoms with Gasteiger partial charge in [0.15, 0.2) is 0 Å². The van der Waals surface area contributed by atoms with E-state index in [1.807, 2.05) is 0 Å². The highest BCUT2D eigenvalue weighted by Crippen LogP contribution is 2.30. The van der Waals surface area contributed by atoms with Gasteiger partial charge < -0.3 is 5.73 Å². The van der Waals surface area contributed by atoms with Crippen LogP contribution in [0.4, 0.5) is 4.39 Å². The van der Waals surface area contributed by atoms with Crippen LogP contribution in [0.3, 0.4) is 0 Å². The van der Waals surface area contributed by atoms with Crippen molar-refractivity contribution in [3.8, 4) is 0 Å². The van der Waals surface area contributed by atoms with E-state index in [1.165, 1.54) is 18.3 Å². The summed E-state index contributed by atoms with van der Waals surface area (Å²) in [6, 6.07) is 2.48. The molecule has 1 heterocycles. The van der Waals surface area contributed by atoms with Gasteiger partial charge in [-0.15, -0.1) is 0 Å². The molecule has 0 spiro atoms. The summed E-state index contributed by atoms with van der Waals surface area (Å²) in [4.78, 5) is 15.0. The fourth-order valence-corrected chi connectivity index (χ4v) is 2.19. The van der Waals surface area contributed by atoms with Gasteiger partial charge in [-0.2, -0.15) is 0 Å². The molecule has 0 aliphatic carbocycles. The number of hydrogen-bond acceptors (Lipinski definition) is 2. The Bertz CT molecular complexity index is 603. The molecular weight excluding hydrogens is 298 g/mol. The van der Waals surface area contributed by atoms with Crippen LogP contribution in [-0.2, 0) is 0 Å². The van der Waals surface area contributed by atoms with Gasteiger partial charge >= 0.3 is 0 Å². The number of carbonyl (C=O) groups is 1. The number of fused-ring (bicyclic) bond motifs is 1. The van der Waals surface area contributed by atoms with Gasteiger partial charge in [0.25, 0.3) is 5.91 Å². The molecule has 0 saturated carbocycles. The van der Waals surface area contributed by atoms with Crippen LogP contribution in [0, 0.1) is 5.82 Å². The van der Waals surface area contributed by atoms with Gasteiger partial charge in [0.1, 0.15) is 5.82 Å². The first-order valence-electron chi connectivity index (χ1n) is 4.23. The lowest BCUT2D eigenvalue weighted by molar-refractivity contribution is 0.100. The topological polar surface area (TPSA) is 56.0 Å². The average Bonchev–Trinajstić information content (AvgIpc) is 2.19. The third-order valence-corrected chi connectivity index (χ3v) is 3.10. The summed E-state index contributed by atoms with van der Waals surface area (Å²) in [5.41, 5.74) is 5.67. The third kappa shape index (κ3) is 1.76. The fraction of sp³-hybridized carbons (Fsp3) is 0. The van der Waals surface area contributed by atoms with Crippen molar-refractivity contribution in [1.82, 2.24) is 4.98 Å². The molecular formula is C10H5BrClFN2O. The Morgan fingerprint density at radius 1 is 1.50 bits per heavy atom. The van der Waals surface area contributed by atoms with Crippen LogP contribution >= 0.6 is 27.5 Å². The number of rotatable bonds is 1. The maximum atomic E-state index is 13.2. The Labute approximate surface area is 104 Å². The predicted molar refractivity (Wildman–Crippen MR) is 62.9 cm³/mol. The zero-order valence-corrected chi connectivity index (χ0v) is 10.1. The van der Waals surface area contributed by atoms with E-state index < -0.39 is 11.7 Å². The zero-order valence-electron chi connectivity index (χ0n) is 7.80. The smallest absolute Gasteiger partial charge is 0.251 e. The van der Waals surface area contributed by atoms with Crippen molar-refractivity contribution in [3.05, 3.63) is 39.2 Å². The number of pyridine rings is 1. The lowest BCUT2D eigenvalue weighted by atomic mass is 10.1. The van der Waals surface area contributed by atoms with E-state index in [4.69, 9.17) is 17.3 Å². The highest BCUT2D eigenvalue weighted by molar-refractivity contribution is 9.10. The van der Waals surface area contributed by atoms with Crippen LogP contribution < -0.4 is 5.73 Å². The van der Waals surface area contributed by atoms with E-state index in [2.05, 4.69) is 20.9 Å². The molecule has 2 N–H and O–H groups in total. The first-order valence-corrected chi connectivity index (χ1v) is 5.41. The minimum Gasteiger partial charge on any atom is -0.366 e. The van der Waals surface area contributed by atoms with Crippen LogP contribution in [0.5, 0.6) is 0 Å². The number of nitrogens with zero attached hydrogens (tertiary/aromatic N) is 1. The molecule has 1 amide bonds. The van der Waals surface area contributed by atoms with E-state index in [1.54, 1.807) is 0 Å². The second-order valence-corrected chi connectivity index (χ2v) is 4.37. The van der Waals surface area contributed by atoms with Gasteiger partial charge in [-0.25, -0.2) is 4.39 Å². The van der Waals surface area contributed by atoms with Crippen LogP contribution in [0.1, 0.15) is 10.4 Å². The summed E-state index contributed by atoms with van der Waals surface area (Å²) < 4.78 is 13.7. The number of nitrogens with two attached hydrogens (primary N) is 1. The summed E-state index contributed by atoms with van der Waals surface area (Å²) >= 11 is 9.12. The summed E-state index contributed by atoms with van der Waals surface area (Å²) in [6.45, 7) is 0. The molecule has 0 radical (unpaired) electrons. The number of aromatic nitrogens is 1. The molecule has 0 aliphatic heterocycles. The minimum atomic E-state index is -0.695. The van der Waals surface area contributed by atoms with Gasteiger partial charge in [0.2, 0.25) is 0 Å². The van der Waals surface area contributed by atoms with Gasteiger partial charge in [0, 0.05) is 16.1 Å². The van der Waals surface area contributed by atoms with Crippen molar-refractivity contribution in [2.24, 2.45) is 5.73 Å². The maximum absolute atomic E-state index is 13.2. The first kappa shape index (κ1) is 11.3. The van der Waals surface area contributed by atoms with Gasteiger partial charge in [0.05, 0.1) is 16.1 Å². The molecule has 1 aromatic carbocycles. The average molecular weight is 304 g/mol. The highest BCUT2D eigenvalue weighted by Gasteiger charge is 2.13. The molecule has 16 heavy (non-hydrogen) atoms. The first-order chi connectivity index (χ1) is 7.50. The number of carbonyl (C=O) groups excluding carboxylic acids is 1. The van der Waals surface area contributed by atoms with Gasteiger partial charge in [-0.05, 0) is 28.1 Å². The lowest BCUT2D eigenvalue weighted by Crippen LogP contribution is -2.12. The Hall–Kier alpha value is -1.20. The van der Waals surface area contributed by atoms with Crippen molar-refractivity contribution in [3.63, 3.8) is 0 Å². The maximum Gasteiger partial charge on any atom is 0.251 e. The second-order valence-electron chi connectivity index (χ2n) is 3.13. The molecule has 0 saturated heterocycles. The Morgan fingerprint density at radius 2 is 2.19 bits per heavy atom. The van der Waals surface area contributed by atoms with E-state index in [0.29, 0.717) is 15.4 Å². The molecule has 1 aromatic heterocycles. The Balaban J connectivity index is 2.89. The van der Waals surface area contributed by atoms with Crippen LogP contribution in [0.25, 0.3) is 10.9 Å². The molecule has 0 bridgehead atoms. The van der Waals surface area contributed by atoms with E-state index in [0.717, 1.165) is 0 Å². The molecule has 2 aromatic rings. The summed E-state index contributed by atoms with van der Waals surface area (Å²) in [6.07, 6.45) is 1.27. The Kier molecular flexibility index (Phi) is 2.82. The van der Waals surface area contributed by atoms with Crippen LogP contribution in [-0.4, -0.2) is 10.9 Å². The van der Waals surface area contributed by atoms with E-state index in [-0.39, 0.29) is 10.6 Å². The van der Waals surface area contributed by atoms with Gasteiger partial charge in [-0.3, -0.25) is 9.78 Å². The van der Waals surface area contributed by atoms with Crippen molar-refractivity contribution in [1.29, 1.82) is 0 Å². The number of amides is 1. The largest absolute Gasteiger partial charge is 0.366 e. The summed E-state index contributed by atoms with van der Waals surface area (Å²) in [5, 5.41) is 0.461. The number of hydrogen-bond donors (Lipinski definition) is 1. The minimum absolute atomic E-state index is 0.0756.